The fourth-order valence-electron chi connectivity index (χ4n) is 2.64. The van der Waals surface area contributed by atoms with E-state index in [0.29, 0.717) is 6.42 Å². The summed E-state index contributed by atoms with van der Waals surface area (Å²) in [5, 5.41) is 9.89. The minimum absolute atomic E-state index is 0.229. The van der Waals surface area contributed by atoms with Gasteiger partial charge in [0.15, 0.2) is 0 Å². The number of nitrogens with zero attached hydrogens (tertiary/aromatic N) is 1. The van der Waals surface area contributed by atoms with Gasteiger partial charge in [0, 0.05) is 18.8 Å². The largest absolute Gasteiger partial charge is 0.393 e. The smallest absolute Gasteiger partial charge is 0.108 e. The molecular formula is C13H22N2O. The first-order valence-electron chi connectivity index (χ1n) is 6.51. The first-order chi connectivity index (χ1) is 7.84. The number of aliphatic hydroxyl groups is 1. The SMILES string of the molecule is OC(CCC1CCCCC1)Cc1ncc[nH]1. The van der Waals surface area contributed by atoms with Crippen LogP contribution in [0.25, 0.3) is 0 Å². The Bertz CT molecular complexity index is 278. The van der Waals surface area contributed by atoms with Crippen LogP contribution in [-0.4, -0.2) is 21.2 Å². The van der Waals surface area contributed by atoms with Crippen molar-refractivity contribution in [2.45, 2.75) is 57.5 Å². The standard InChI is InChI=1S/C13H22N2O/c16-12(10-13-14-8-9-15-13)7-6-11-4-2-1-3-5-11/h8-9,11-12,16H,1-7,10H2,(H,14,15). The molecule has 1 saturated carbocycles. The third-order valence-corrected chi connectivity index (χ3v) is 3.62. The highest BCUT2D eigenvalue weighted by Crippen LogP contribution is 2.27. The molecule has 0 radical (unpaired) electrons. The molecule has 1 aromatic rings. The molecule has 2 rings (SSSR count). The first kappa shape index (κ1) is 11.6. The van der Waals surface area contributed by atoms with E-state index in [-0.39, 0.29) is 6.10 Å². The Kier molecular flexibility index (Phi) is 4.40. The van der Waals surface area contributed by atoms with Crippen molar-refractivity contribution in [3.63, 3.8) is 0 Å². The summed E-state index contributed by atoms with van der Waals surface area (Å²) in [6.45, 7) is 0. The van der Waals surface area contributed by atoms with E-state index < -0.39 is 0 Å². The van der Waals surface area contributed by atoms with Gasteiger partial charge in [-0.2, -0.15) is 0 Å². The topological polar surface area (TPSA) is 48.9 Å². The van der Waals surface area contributed by atoms with Crippen LogP contribution < -0.4 is 0 Å². The van der Waals surface area contributed by atoms with Gasteiger partial charge in [-0.25, -0.2) is 4.98 Å². The molecule has 16 heavy (non-hydrogen) atoms. The molecular weight excluding hydrogens is 200 g/mol. The van der Waals surface area contributed by atoms with Gasteiger partial charge >= 0.3 is 0 Å². The Labute approximate surface area is 97.3 Å². The molecule has 0 aromatic carbocycles. The quantitative estimate of drug-likeness (QED) is 0.804. The van der Waals surface area contributed by atoms with Crippen LogP contribution in [0, 0.1) is 5.92 Å². The molecule has 0 bridgehead atoms. The molecule has 0 amide bonds. The molecule has 1 aliphatic rings. The predicted molar refractivity (Wildman–Crippen MR) is 64.1 cm³/mol. The van der Waals surface area contributed by atoms with Gasteiger partial charge in [0.2, 0.25) is 0 Å². The number of aliphatic hydroxyl groups excluding tert-OH is 1. The Hall–Kier alpha value is -0.830. The van der Waals surface area contributed by atoms with Crippen LogP contribution in [0.2, 0.25) is 0 Å². The van der Waals surface area contributed by atoms with Crippen molar-refractivity contribution >= 4 is 0 Å². The van der Waals surface area contributed by atoms with E-state index in [1.54, 1.807) is 6.20 Å². The highest BCUT2D eigenvalue weighted by Gasteiger charge is 2.15. The summed E-state index contributed by atoms with van der Waals surface area (Å²) < 4.78 is 0. The van der Waals surface area contributed by atoms with Gasteiger partial charge in [0.25, 0.3) is 0 Å². The van der Waals surface area contributed by atoms with Crippen molar-refractivity contribution in [1.29, 1.82) is 0 Å². The van der Waals surface area contributed by atoms with E-state index in [2.05, 4.69) is 9.97 Å². The summed E-state index contributed by atoms with van der Waals surface area (Å²) in [6, 6.07) is 0. The van der Waals surface area contributed by atoms with Gasteiger partial charge in [0.05, 0.1) is 6.10 Å². The van der Waals surface area contributed by atoms with Crippen LogP contribution in [0.1, 0.15) is 50.8 Å². The van der Waals surface area contributed by atoms with Crippen LogP contribution >= 0.6 is 0 Å². The second kappa shape index (κ2) is 6.04. The van der Waals surface area contributed by atoms with E-state index >= 15 is 0 Å². The minimum atomic E-state index is -0.229. The molecule has 1 aromatic heterocycles. The van der Waals surface area contributed by atoms with E-state index in [1.165, 1.54) is 38.5 Å². The maximum Gasteiger partial charge on any atom is 0.108 e. The van der Waals surface area contributed by atoms with Crippen LogP contribution in [0.5, 0.6) is 0 Å². The molecule has 1 aliphatic carbocycles. The van der Waals surface area contributed by atoms with Crippen molar-refractivity contribution in [3.8, 4) is 0 Å². The lowest BCUT2D eigenvalue weighted by molar-refractivity contribution is 0.147. The molecule has 0 spiro atoms. The number of hydrogen-bond acceptors (Lipinski definition) is 2. The van der Waals surface area contributed by atoms with Gasteiger partial charge in [-0.15, -0.1) is 0 Å². The molecule has 1 fully saturated rings. The zero-order valence-electron chi connectivity index (χ0n) is 9.86. The van der Waals surface area contributed by atoms with Crippen LogP contribution in [0.4, 0.5) is 0 Å². The molecule has 90 valence electrons. The van der Waals surface area contributed by atoms with Crippen molar-refractivity contribution in [1.82, 2.24) is 9.97 Å². The zero-order chi connectivity index (χ0) is 11.2. The highest BCUT2D eigenvalue weighted by atomic mass is 16.3. The second-order valence-electron chi connectivity index (χ2n) is 4.98. The Balaban J connectivity index is 1.65. The van der Waals surface area contributed by atoms with E-state index in [0.717, 1.165) is 18.2 Å². The van der Waals surface area contributed by atoms with E-state index in [9.17, 15) is 5.11 Å². The number of hydrogen-bond donors (Lipinski definition) is 2. The molecule has 3 nitrogen and oxygen atoms in total. The van der Waals surface area contributed by atoms with Crippen molar-refractivity contribution in [2.75, 3.05) is 0 Å². The minimum Gasteiger partial charge on any atom is -0.393 e. The molecule has 0 saturated heterocycles. The molecule has 0 aliphatic heterocycles. The average molecular weight is 222 g/mol. The van der Waals surface area contributed by atoms with Crippen LogP contribution in [-0.2, 0) is 6.42 Å². The first-order valence-corrected chi connectivity index (χ1v) is 6.51. The summed E-state index contributed by atoms with van der Waals surface area (Å²) in [6.07, 6.45) is 13.0. The average Bonchev–Trinajstić information content (AvgIpc) is 2.81. The highest BCUT2D eigenvalue weighted by molar-refractivity contribution is 4.89. The Morgan fingerprint density at radius 2 is 2.19 bits per heavy atom. The van der Waals surface area contributed by atoms with Gasteiger partial charge in [0.1, 0.15) is 5.82 Å². The number of H-pyrrole nitrogens is 1. The third-order valence-electron chi connectivity index (χ3n) is 3.62. The summed E-state index contributed by atoms with van der Waals surface area (Å²) in [5.74, 6) is 1.76. The van der Waals surface area contributed by atoms with Crippen molar-refractivity contribution in [3.05, 3.63) is 18.2 Å². The lowest BCUT2D eigenvalue weighted by Gasteiger charge is -2.22. The van der Waals surface area contributed by atoms with Crippen molar-refractivity contribution < 1.29 is 5.11 Å². The normalized spacial score (nSPS) is 19.8. The lowest BCUT2D eigenvalue weighted by atomic mass is 9.85. The number of aromatic nitrogens is 2. The summed E-state index contributed by atoms with van der Waals surface area (Å²) in [7, 11) is 0. The molecule has 1 heterocycles. The Morgan fingerprint density at radius 1 is 1.38 bits per heavy atom. The van der Waals surface area contributed by atoms with Gasteiger partial charge in [-0.05, 0) is 18.8 Å². The van der Waals surface area contributed by atoms with E-state index in [4.69, 9.17) is 0 Å². The molecule has 3 heteroatoms. The molecule has 1 atom stereocenters. The van der Waals surface area contributed by atoms with Crippen molar-refractivity contribution in [2.24, 2.45) is 5.92 Å². The summed E-state index contributed by atoms with van der Waals surface area (Å²) in [4.78, 5) is 7.17. The number of aromatic amines is 1. The Morgan fingerprint density at radius 3 is 2.88 bits per heavy atom. The fourth-order valence-corrected chi connectivity index (χ4v) is 2.64. The number of rotatable bonds is 5. The lowest BCUT2D eigenvalue weighted by Crippen LogP contribution is -2.15. The summed E-state index contributed by atoms with van der Waals surface area (Å²) >= 11 is 0. The number of nitrogens with one attached hydrogen (secondary N) is 1. The van der Waals surface area contributed by atoms with Crippen LogP contribution in [0.3, 0.4) is 0 Å². The zero-order valence-corrected chi connectivity index (χ0v) is 9.86. The fraction of sp³-hybridized carbons (Fsp3) is 0.769. The second-order valence-corrected chi connectivity index (χ2v) is 4.98. The van der Waals surface area contributed by atoms with E-state index in [1.807, 2.05) is 6.20 Å². The van der Waals surface area contributed by atoms with Gasteiger partial charge in [-0.1, -0.05) is 32.1 Å². The van der Waals surface area contributed by atoms with Gasteiger partial charge in [-0.3, -0.25) is 0 Å². The molecule has 1 unspecified atom stereocenters. The summed E-state index contributed by atoms with van der Waals surface area (Å²) in [5.41, 5.74) is 0. The van der Waals surface area contributed by atoms with Gasteiger partial charge < -0.3 is 10.1 Å². The maximum absolute atomic E-state index is 9.89. The molecule has 2 N–H and O–H groups in total. The van der Waals surface area contributed by atoms with Crippen LogP contribution in [0.15, 0.2) is 12.4 Å². The monoisotopic (exact) mass is 222 g/mol. The predicted octanol–water partition coefficient (Wildman–Crippen LogP) is 2.67. The third kappa shape index (κ3) is 3.63. The maximum atomic E-state index is 9.89. The number of imidazole rings is 1.